The second kappa shape index (κ2) is 14.1. The van der Waals surface area contributed by atoms with Crippen molar-refractivity contribution in [3.05, 3.63) is 125 Å². The summed E-state index contributed by atoms with van der Waals surface area (Å²) in [5.41, 5.74) is 2.30. The first-order chi connectivity index (χ1) is 19.8. The number of hydrogen-bond donors (Lipinski definition) is 2. The van der Waals surface area contributed by atoms with Gasteiger partial charge in [-0.3, -0.25) is 9.59 Å². The summed E-state index contributed by atoms with van der Waals surface area (Å²) in [4.78, 5) is 29.2. The Kier molecular flexibility index (Phi) is 10.3. The highest BCUT2D eigenvalue weighted by Crippen LogP contribution is 2.26. The summed E-state index contributed by atoms with van der Waals surface area (Å²) in [6, 6.07) is 25.4. The number of sulfonamides is 1. The average molecular weight is 594 g/mol. The second-order valence-electron chi connectivity index (χ2n) is 9.40. The van der Waals surface area contributed by atoms with Crippen molar-refractivity contribution in [2.24, 2.45) is 0 Å². The van der Waals surface area contributed by atoms with Gasteiger partial charge in [-0.15, -0.1) is 0 Å². The molecule has 0 fully saturated rings. The number of carbonyl (C=O) groups excluding carboxylic acids is 2. The summed E-state index contributed by atoms with van der Waals surface area (Å²) >= 11 is 6.09. The molecule has 1 heterocycles. The van der Waals surface area contributed by atoms with E-state index in [1.54, 1.807) is 48.2 Å². The van der Waals surface area contributed by atoms with Crippen LogP contribution in [-0.4, -0.2) is 31.7 Å². The van der Waals surface area contributed by atoms with Crippen LogP contribution < -0.4 is 10.0 Å². The van der Waals surface area contributed by atoms with Gasteiger partial charge in [-0.25, -0.2) is 13.1 Å². The number of halogens is 1. The molecule has 1 atom stereocenters. The molecule has 0 saturated carbocycles. The molecule has 8 nitrogen and oxygen atoms in total. The van der Waals surface area contributed by atoms with E-state index in [1.807, 2.05) is 42.5 Å². The Morgan fingerprint density at radius 1 is 0.902 bits per heavy atom. The second-order valence-corrected chi connectivity index (χ2v) is 11.6. The molecular weight excluding hydrogens is 562 g/mol. The minimum absolute atomic E-state index is 0.113. The third-order valence-electron chi connectivity index (χ3n) is 6.47. The van der Waals surface area contributed by atoms with E-state index in [-0.39, 0.29) is 36.2 Å². The predicted molar refractivity (Wildman–Crippen MR) is 157 cm³/mol. The molecule has 2 N–H and O–H groups in total. The lowest BCUT2D eigenvalue weighted by molar-refractivity contribution is -0.141. The number of rotatable bonds is 13. The van der Waals surface area contributed by atoms with Gasteiger partial charge in [0.2, 0.25) is 21.8 Å². The van der Waals surface area contributed by atoms with E-state index in [0.717, 1.165) is 11.1 Å². The van der Waals surface area contributed by atoms with Crippen LogP contribution in [0, 0.1) is 0 Å². The first-order valence-corrected chi connectivity index (χ1v) is 15.1. The van der Waals surface area contributed by atoms with Crippen molar-refractivity contribution in [1.29, 1.82) is 0 Å². The monoisotopic (exact) mass is 593 g/mol. The number of benzene rings is 3. The van der Waals surface area contributed by atoms with E-state index in [2.05, 4.69) is 10.0 Å². The van der Waals surface area contributed by atoms with E-state index in [1.165, 1.54) is 18.4 Å². The van der Waals surface area contributed by atoms with Crippen LogP contribution in [0.25, 0.3) is 0 Å². The Hall–Kier alpha value is -3.92. The topological polar surface area (TPSA) is 109 Å². The number of nitrogens with one attached hydrogen (secondary N) is 2. The molecule has 0 spiro atoms. The van der Waals surface area contributed by atoms with Crippen LogP contribution in [-0.2, 0) is 39.1 Å². The molecule has 214 valence electrons. The Balaban J connectivity index is 1.59. The Labute approximate surface area is 245 Å². The van der Waals surface area contributed by atoms with Crippen molar-refractivity contribution in [1.82, 2.24) is 14.9 Å². The van der Waals surface area contributed by atoms with E-state index in [9.17, 15) is 18.0 Å². The van der Waals surface area contributed by atoms with Gasteiger partial charge in [0.05, 0.1) is 17.7 Å². The Morgan fingerprint density at radius 3 is 2.22 bits per heavy atom. The number of aryl methyl sites for hydroxylation is 1. The largest absolute Gasteiger partial charge is 0.467 e. The van der Waals surface area contributed by atoms with E-state index < -0.39 is 16.1 Å². The number of nitrogens with zero attached hydrogens (tertiary/aromatic N) is 1. The fourth-order valence-electron chi connectivity index (χ4n) is 4.41. The Bertz CT molecular complexity index is 1530. The standard InChI is InChI=1S/C31H32ClN3O5S/c1-2-34-41(38,39)28-17-12-23(13-18-28)14-19-29(36)35(22-24-10-15-26(32)16-11-24)30(25-7-4-3-5-8-25)31(37)33-21-27-9-6-20-40-27/h3-13,15-18,20,30,34H,2,14,19,21-22H2,1H3,(H,33,37). The maximum absolute atomic E-state index is 13.8. The SMILES string of the molecule is CCNS(=O)(=O)c1ccc(CCC(=O)N(Cc2ccc(Cl)cc2)C(C(=O)NCc2ccco2)c2ccccc2)cc1. The van der Waals surface area contributed by atoms with Crippen LogP contribution in [0.2, 0.25) is 5.02 Å². The van der Waals surface area contributed by atoms with Crippen LogP contribution >= 0.6 is 11.6 Å². The van der Waals surface area contributed by atoms with Crippen LogP contribution in [0.4, 0.5) is 0 Å². The zero-order valence-corrected chi connectivity index (χ0v) is 24.2. The summed E-state index contributed by atoms with van der Waals surface area (Å²) in [7, 11) is -3.57. The minimum atomic E-state index is -3.57. The molecule has 41 heavy (non-hydrogen) atoms. The van der Waals surface area contributed by atoms with Gasteiger partial charge in [0.1, 0.15) is 11.8 Å². The highest BCUT2D eigenvalue weighted by Gasteiger charge is 2.31. The summed E-state index contributed by atoms with van der Waals surface area (Å²) in [5.74, 6) is 0.0273. The molecule has 0 aliphatic carbocycles. The van der Waals surface area contributed by atoms with Crippen LogP contribution in [0.5, 0.6) is 0 Å². The van der Waals surface area contributed by atoms with Crippen molar-refractivity contribution < 1.29 is 22.4 Å². The number of hydrogen-bond acceptors (Lipinski definition) is 5. The smallest absolute Gasteiger partial charge is 0.247 e. The molecule has 0 saturated heterocycles. The number of carbonyl (C=O) groups is 2. The van der Waals surface area contributed by atoms with Crippen molar-refractivity contribution in [3.8, 4) is 0 Å². The minimum Gasteiger partial charge on any atom is -0.467 e. The van der Waals surface area contributed by atoms with E-state index >= 15 is 0 Å². The predicted octanol–water partition coefficient (Wildman–Crippen LogP) is 5.25. The molecular formula is C31H32ClN3O5S. The summed E-state index contributed by atoms with van der Waals surface area (Å²) in [6.07, 6.45) is 2.02. The highest BCUT2D eigenvalue weighted by atomic mass is 35.5. The highest BCUT2D eigenvalue weighted by molar-refractivity contribution is 7.89. The van der Waals surface area contributed by atoms with E-state index in [0.29, 0.717) is 29.3 Å². The lowest BCUT2D eigenvalue weighted by atomic mass is 10.0. The molecule has 0 aliphatic heterocycles. The molecule has 2 amide bonds. The molecule has 0 radical (unpaired) electrons. The van der Waals surface area contributed by atoms with Gasteiger partial charge in [-0.2, -0.15) is 0 Å². The van der Waals surface area contributed by atoms with Crippen molar-refractivity contribution >= 4 is 33.4 Å². The molecule has 4 aromatic rings. The average Bonchev–Trinajstić information content (AvgIpc) is 3.50. The van der Waals surface area contributed by atoms with Crippen LogP contribution in [0.1, 0.15) is 41.8 Å². The molecule has 0 aliphatic rings. The number of furan rings is 1. The fourth-order valence-corrected chi connectivity index (χ4v) is 5.57. The van der Waals surface area contributed by atoms with Gasteiger partial charge in [-0.1, -0.05) is 73.1 Å². The Morgan fingerprint density at radius 2 is 1.59 bits per heavy atom. The molecule has 3 aromatic carbocycles. The van der Waals surface area contributed by atoms with Crippen molar-refractivity contribution in [2.75, 3.05) is 6.54 Å². The van der Waals surface area contributed by atoms with Gasteiger partial charge in [0.25, 0.3) is 0 Å². The van der Waals surface area contributed by atoms with Gasteiger partial charge in [0.15, 0.2) is 0 Å². The van der Waals surface area contributed by atoms with Gasteiger partial charge in [0, 0.05) is 24.5 Å². The maximum atomic E-state index is 13.8. The first kappa shape index (κ1) is 30.0. The summed E-state index contributed by atoms with van der Waals surface area (Å²) < 4.78 is 32.4. The lowest BCUT2D eigenvalue weighted by Gasteiger charge is -2.32. The lowest BCUT2D eigenvalue weighted by Crippen LogP contribution is -2.43. The maximum Gasteiger partial charge on any atom is 0.247 e. The zero-order valence-electron chi connectivity index (χ0n) is 22.6. The molecule has 1 aromatic heterocycles. The quantitative estimate of drug-likeness (QED) is 0.220. The molecule has 4 rings (SSSR count). The van der Waals surface area contributed by atoms with Crippen LogP contribution in [0.3, 0.4) is 0 Å². The zero-order chi connectivity index (χ0) is 29.2. The normalized spacial score (nSPS) is 12.0. The molecule has 10 heteroatoms. The first-order valence-electron chi connectivity index (χ1n) is 13.2. The van der Waals surface area contributed by atoms with Gasteiger partial charge >= 0.3 is 0 Å². The van der Waals surface area contributed by atoms with E-state index in [4.69, 9.17) is 16.0 Å². The van der Waals surface area contributed by atoms with Gasteiger partial charge in [-0.05, 0) is 59.5 Å². The van der Waals surface area contributed by atoms with Gasteiger partial charge < -0.3 is 14.6 Å². The fraction of sp³-hybridized carbons (Fsp3) is 0.226. The third kappa shape index (κ3) is 8.29. The van der Waals surface area contributed by atoms with Crippen molar-refractivity contribution in [2.45, 2.75) is 43.8 Å². The third-order valence-corrected chi connectivity index (χ3v) is 8.29. The number of amides is 2. The summed E-state index contributed by atoms with van der Waals surface area (Å²) in [6.45, 7) is 2.37. The van der Waals surface area contributed by atoms with Crippen LogP contribution in [0.15, 0.2) is 107 Å². The molecule has 1 unspecified atom stereocenters. The van der Waals surface area contributed by atoms with Crippen molar-refractivity contribution in [3.63, 3.8) is 0 Å². The summed E-state index contributed by atoms with van der Waals surface area (Å²) in [5, 5.41) is 3.48. The molecule has 0 bridgehead atoms.